The molecule has 0 aliphatic carbocycles. The Morgan fingerprint density at radius 3 is 2.35 bits per heavy atom. The molecule has 1 aromatic heterocycles. The van der Waals surface area contributed by atoms with E-state index < -0.39 is 17.6 Å². The Balaban J connectivity index is 2.21. The minimum absolute atomic E-state index is 0.347. The molecule has 104 valence electrons. The fraction of sp³-hybridized carbons (Fsp3) is 0.143. The first-order valence-corrected chi connectivity index (χ1v) is 5.77. The molecule has 0 radical (unpaired) electrons. The van der Waals surface area contributed by atoms with Crippen LogP contribution in [0.5, 0.6) is 0 Å². The molecular weight excluding hydrogens is 269 g/mol. The van der Waals surface area contributed by atoms with Crippen molar-refractivity contribution in [3.63, 3.8) is 0 Å². The zero-order valence-corrected chi connectivity index (χ0v) is 10.5. The molecule has 0 fully saturated rings. The van der Waals surface area contributed by atoms with Crippen molar-refractivity contribution in [3.8, 4) is 0 Å². The summed E-state index contributed by atoms with van der Waals surface area (Å²) in [5.74, 6) is -0.393. The summed E-state index contributed by atoms with van der Waals surface area (Å²) in [6, 6.07) is 6.23. The van der Waals surface area contributed by atoms with E-state index in [1.807, 2.05) is 0 Å². The van der Waals surface area contributed by atoms with Crippen molar-refractivity contribution in [3.05, 3.63) is 59.4 Å². The average molecular weight is 280 g/mol. The van der Waals surface area contributed by atoms with Gasteiger partial charge in [0, 0.05) is 23.6 Å². The second kappa shape index (κ2) is 5.32. The summed E-state index contributed by atoms with van der Waals surface area (Å²) in [6.07, 6.45) is -1.46. The maximum atomic E-state index is 12.5. The van der Waals surface area contributed by atoms with Gasteiger partial charge in [-0.15, -0.1) is 0 Å². The van der Waals surface area contributed by atoms with E-state index >= 15 is 0 Å². The second-order valence-electron chi connectivity index (χ2n) is 4.22. The van der Waals surface area contributed by atoms with Gasteiger partial charge in [0.05, 0.1) is 5.56 Å². The number of aromatic nitrogens is 1. The van der Waals surface area contributed by atoms with Gasteiger partial charge in [0.1, 0.15) is 0 Å². The van der Waals surface area contributed by atoms with Gasteiger partial charge in [-0.3, -0.25) is 9.78 Å². The summed E-state index contributed by atoms with van der Waals surface area (Å²) < 4.78 is 37.6. The van der Waals surface area contributed by atoms with Crippen LogP contribution in [-0.4, -0.2) is 10.9 Å². The number of hydrogen-bond acceptors (Lipinski definition) is 2. The minimum Gasteiger partial charge on any atom is -0.322 e. The van der Waals surface area contributed by atoms with Crippen molar-refractivity contribution < 1.29 is 18.0 Å². The average Bonchev–Trinajstić information content (AvgIpc) is 2.41. The standard InChI is InChI=1S/C14H11F3N2O/c1-9-8-11(14(15,16)17)2-3-12(9)19-13(20)10-4-6-18-7-5-10/h2-8H,1H3,(H,19,20). The van der Waals surface area contributed by atoms with Crippen LogP contribution in [0.1, 0.15) is 21.5 Å². The number of carbonyl (C=O) groups is 1. The van der Waals surface area contributed by atoms with Crippen LogP contribution in [0.15, 0.2) is 42.7 Å². The Kier molecular flexibility index (Phi) is 3.74. The predicted octanol–water partition coefficient (Wildman–Crippen LogP) is 3.66. The van der Waals surface area contributed by atoms with Crippen molar-refractivity contribution in [2.75, 3.05) is 5.32 Å². The first-order chi connectivity index (χ1) is 9.38. The summed E-state index contributed by atoms with van der Waals surface area (Å²) >= 11 is 0. The molecule has 20 heavy (non-hydrogen) atoms. The van der Waals surface area contributed by atoms with Crippen LogP contribution in [0.3, 0.4) is 0 Å². The summed E-state index contributed by atoms with van der Waals surface area (Å²) in [4.78, 5) is 15.7. The molecule has 0 spiro atoms. The molecule has 0 unspecified atom stereocenters. The molecule has 0 aliphatic heterocycles. The number of rotatable bonds is 2. The van der Waals surface area contributed by atoms with Crippen molar-refractivity contribution in [1.29, 1.82) is 0 Å². The molecule has 2 aromatic rings. The quantitative estimate of drug-likeness (QED) is 0.912. The normalized spacial score (nSPS) is 11.2. The lowest BCUT2D eigenvalue weighted by Crippen LogP contribution is -2.13. The highest BCUT2D eigenvalue weighted by Gasteiger charge is 2.30. The molecule has 0 atom stereocenters. The Morgan fingerprint density at radius 1 is 1.15 bits per heavy atom. The molecule has 0 bridgehead atoms. The molecule has 1 amide bonds. The zero-order chi connectivity index (χ0) is 14.8. The Bertz CT molecular complexity index is 624. The van der Waals surface area contributed by atoms with Crippen LogP contribution in [0.25, 0.3) is 0 Å². The molecule has 6 heteroatoms. The number of benzene rings is 1. The molecule has 1 aromatic carbocycles. The number of hydrogen-bond donors (Lipinski definition) is 1. The van der Waals surface area contributed by atoms with Gasteiger partial charge in [0.25, 0.3) is 5.91 Å². The number of amides is 1. The van der Waals surface area contributed by atoms with Crippen molar-refractivity contribution in [2.24, 2.45) is 0 Å². The van der Waals surface area contributed by atoms with Crippen LogP contribution in [0.2, 0.25) is 0 Å². The second-order valence-corrected chi connectivity index (χ2v) is 4.22. The summed E-state index contributed by atoms with van der Waals surface area (Å²) in [7, 11) is 0. The van der Waals surface area contributed by atoms with E-state index in [9.17, 15) is 18.0 Å². The third-order valence-corrected chi connectivity index (χ3v) is 2.74. The topological polar surface area (TPSA) is 42.0 Å². The smallest absolute Gasteiger partial charge is 0.322 e. The van der Waals surface area contributed by atoms with E-state index in [4.69, 9.17) is 0 Å². The monoisotopic (exact) mass is 280 g/mol. The Hall–Kier alpha value is -2.37. The van der Waals surface area contributed by atoms with Gasteiger partial charge in [-0.05, 0) is 42.8 Å². The van der Waals surface area contributed by atoms with E-state index in [0.29, 0.717) is 16.8 Å². The third-order valence-electron chi connectivity index (χ3n) is 2.74. The number of carbonyl (C=O) groups excluding carboxylic acids is 1. The number of pyridine rings is 1. The molecule has 0 saturated heterocycles. The maximum Gasteiger partial charge on any atom is 0.416 e. The number of aryl methyl sites for hydroxylation is 1. The number of anilines is 1. The highest BCUT2D eigenvalue weighted by molar-refractivity contribution is 6.04. The van der Waals surface area contributed by atoms with Crippen LogP contribution in [0.4, 0.5) is 18.9 Å². The van der Waals surface area contributed by atoms with Gasteiger partial charge in [-0.25, -0.2) is 0 Å². The van der Waals surface area contributed by atoms with Crippen LogP contribution < -0.4 is 5.32 Å². The maximum absolute atomic E-state index is 12.5. The molecule has 1 heterocycles. The van der Waals surface area contributed by atoms with E-state index in [2.05, 4.69) is 10.3 Å². The SMILES string of the molecule is Cc1cc(C(F)(F)F)ccc1NC(=O)c1ccncc1. The van der Waals surface area contributed by atoms with Gasteiger partial charge in [-0.1, -0.05) is 0 Å². The van der Waals surface area contributed by atoms with E-state index in [-0.39, 0.29) is 0 Å². The summed E-state index contributed by atoms with van der Waals surface area (Å²) in [6.45, 7) is 1.51. The number of halogens is 3. The van der Waals surface area contributed by atoms with E-state index in [1.54, 1.807) is 0 Å². The number of nitrogens with zero attached hydrogens (tertiary/aromatic N) is 1. The van der Waals surface area contributed by atoms with Crippen LogP contribution in [0, 0.1) is 6.92 Å². The number of alkyl halides is 3. The molecule has 3 nitrogen and oxygen atoms in total. The first-order valence-electron chi connectivity index (χ1n) is 5.77. The zero-order valence-electron chi connectivity index (χ0n) is 10.5. The van der Waals surface area contributed by atoms with Crippen LogP contribution in [-0.2, 0) is 6.18 Å². The van der Waals surface area contributed by atoms with E-state index in [0.717, 1.165) is 12.1 Å². The lowest BCUT2D eigenvalue weighted by molar-refractivity contribution is -0.137. The molecule has 0 aliphatic rings. The van der Waals surface area contributed by atoms with Crippen LogP contribution >= 0.6 is 0 Å². The van der Waals surface area contributed by atoms with Gasteiger partial charge < -0.3 is 5.32 Å². The summed E-state index contributed by atoms with van der Waals surface area (Å²) in [5, 5.41) is 2.57. The van der Waals surface area contributed by atoms with Gasteiger partial charge in [0.2, 0.25) is 0 Å². The van der Waals surface area contributed by atoms with Crippen molar-refractivity contribution in [2.45, 2.75) is 13.1 Å². The van der Waals surface area contributed by atoms with Gasteiger partial charge in [-0.2, -0.15) is 13.2 Å². The molecule has 0 saturated carbocycles. The Labute approximate surface area is 113 Å². The largest absolute Gasteiger partial charge is 0.416 e. The lowest BCUT2D eigenvalue weighted by atomic mass is 10.1. The minimum atomic E-state index is -4.39. The van der Waals surface area contributed by atoms with Crippen molar-refractivity contribution >= 4 is 11.6 Å². The number of nitrogens with one attached hydrogen (secondary N) is 1. The van der Waals surface area contributed by atoms with Gasteiger partial charge >= 0.3 is 6.18 Å². The third kappa shape index (κ3) is 3.14. The summed E-state index contributed by atoms with van der Waals surface area (Å²) in [5.41, 5.74) is 0.346. The first kappa shape index (κ1) is 14.0. The van der Waals surface area contributed by atoms with Crippen molar-refractivity contribution in [1.82, 2.24) is 4.98 Å². The molecular formula is C14H11F3N2O. The van der Waals surface area contributed by atoms with Gasteiger partial charge in [0.15, 0.2) is 0 Å². The fourth-order valence-corrected chi connectivity index (χ4v) is 1.68. The highest BCUT2D eigenvalue weighted by atomic mass is 19.4. The Morgan fingerprint density at radius 2 is 1.80 bits per heavy atom. The molecule has 2 rings (SSSR count). The molecule has 1 N–H and O–H groups in total. The van der Waals surface area contributed by atoms with E-state index in [1.165, 1.54) is 37.5 Å². The lowest BCUT2D eigenvalue weighted by Gasteiger charge is -2.12. The highest BCUT2D eigenvalue weighted by Crippen LogP contribution is 2.31. The fourth-order valence-electron chi connectivity index (χ4n) is 1.68. The predicted molar refractivity (Wildman–Crippen MR) is 68.4 cm³/mol.